The molecular formula is C12H19FN2O2S. The highest BCUT2D eigenvalue weighted by atomic mass is 32.2. The van der Waals surface area contributed by atoms with Crippen LogP contribution in [-0.2, 0) is 9.84 Å². The first-order chi connectivity index (χ1) is 8.40. The highest BCUT2D eigenvalue weighted by Crippen LogP contribution is 2.16. The first-order valence-corrected chi connectivity index (χ1v) is 7.80. The van der Waals surface area contributed by atoms with Gasteiger partial charge in [-0.15, -0.1) is 0 Å². The number of sulfone groups is 1. The van der Waals surface area contributed by atoms with Crippen molar-refractivity contribution in [3.63, 3.8) is 0 Å². The van der Waals surface area contributed by atoms with E-state index in [1.807, 2.05) is 0 Å². The third-order valence-electron chi connectivity index (χ3n) is 2.54. The molecule has 102 valence electrons. The molecule has 0 bridgehead atoms. The van der Waals surface area contributed by atoms with Crippen molar-refractivity contribution in [2.24, 2.45) is 0 Å². The van der Waals surface area contributed by atoms with Crippen LogP contribution in [0, 0.1) is 5.82 Å². The van der Waals surface area contributed by atoms with Crippen molar-refractivity contribution in [2.75, 3.05) is 43.6 Å². The standard InChI is InChI=1S/C12H19FN2O2S/c1-15(12-6-4-3-5-11(12)13)9-7-14-8-10-18(2,16)17/h3-6,14H,7-10H2,1-2H3. The minimum Gasteiger partial charge on any atom is -0.371 e. The van der Waals surface area contributed by atoms with Crippen LogP contribution < -0.4 is 10.2 Å². The molecule has 0 fully saturated rings. The lowest BCUT2D eigenvalue weighted by Gasteiger charge is -2.19. The van der Waals surface area contributed by atoms with Gasteiger partial charge in [0.15, 0.2) is 0 Å². The monoisotopic (exact) mass is 274 g/mol. The van der Waals surface area contributed by atoms with Gasteiger partial charge >= 0.3 is 0 Å². The van der Waals surface area contributed by atoms with Crippen LogP contribution in [0.15, 0.2) is 24.3 Å². The number of para-hydroxylation sites is 1. The maximum absolute atomic E-state index is 13.4. The Kier molecular flexibility index (Phi) is 5.55. The third kappa shape index (κ3) is 5.46. The van der Waals surface area contributed by atoms with Gasteiger partial charge in [0.2, 0.25) is 0 Å². The second-order valence-corrected chi connectivity index (χ2v) is 6.51. The van der Waals surface area contributed by atoms with Crippen molar-refractivity contribution in [1.82, 2.24) is 5.32 Å². The summed E-state index contributed by atoms with van der Waals surface area (Å²) >= 11 is 0. The number of nitrogens with zero attached hydrogens (tertiary/aromatic N) is 1. The van der Waals surface area contributed by atoms with Crippen molar-refractivity contribution < 1.29 is 12.8 Å². The highest BCUT2D eigenvalue weighted by Gasteiger charge is 2.06. The molecule has 0 aromatic heterocycles. The molecular weight excluding hydrogens is 255 g/mol. The number of nitrogens with one attached hydrogen (secondary N) is 1. The van der Waals surface area contributed by atoms with Crippen molar-refractivity contribution in [3.05, 3.63) is 30.1 Å². The Labute approximate surface area is 108 Å². The average Bonchev–Trinajstić information content (AvgIpc) is 2.27. The Morgan fingerprint density at radius 1 is 1.28 bits per heavy atom. The number of hydrogen-bond acceptors (Lipinski definition) is 4. The molecule has 0 unspecified atom stereocenters. The van der Waals surface area contributed by atoms with Crippen LogP contribution >= 0.6 is 0 Å². The van der Waals surface area contributed by atoms with Gasteiger partial charge in [0.05, 0.1) is 11.4 Å². The molecule has 0 spiro atoms. The Hall–Kier alpha value is -1.14. The zero-order valence-electron chi connectivity index (χ0n) is 10.7. The molecule has 0 aliphatic rings. The molecule has 18 heavy (non-hydrogen) atoms. The Morgan fingerprint density at radius 2 is 1.94 bits per heavy atom. The summed E-state index contributed by atoms with van der Waals surface area (Å²) < 4.78 is 35.2. The Bertz CT molecular complexity index is 477. The topological polar surface area (TPSA) is 49.4 Å². The molecule has 0 saturated heterocycles. The summed E-state index contributed by atoms with van der Waals surface area (Å²) in [6.07, 6.45) is 1.21. The van der Waals surface area contributed by atoms with E-state index in [0.29, 0.717) is 25.3 Å². The van der Waals surface area contributed by atoms with Crippen molar-refractivity contribution in [2.45, 2.75) is 0 Å². The molecule has 1 aromatic rings. The first-order valence-electron chi connectivity index (χ1n) is 5.74. The largest absolute Gasteiger partial charge is 0.371 e. The van der Waals surface area contributed by atoms with Crippen molar-refractivity contribution in [3.8, 4) is 0 Å². The van der Waals surface area contributed by atoms with Gasteiger partial charge in [0, 0.05) is 32.9 Å². The lowest BCUT2D eigenvalue weighted by Crippen LogP contribution is -2.32. The van der Waals surface area contributed by atoms with E-state index in [2.05, 4.69) is 5.32 Å². The van der Waals surface area contributed by atoms with E-state index in [1.54, 1.807) is 30.1 Å². The lowest BCUT2D eigenvalue weighted by molar-refractivity contribution is 0.595. The zero-order valence-corrected chi connectivity index (χ0v) is 11.5. The molecule has 0 radical (unpaired) electrons. The minimum atomic E-state index is -2.92. The van der Waals surface area contributed by atoms with Crippen LogP contribution in [0.1, 0.15) is 0 Å². The highest BCUT2D eigenvalue weighted by molar-refractivity contribution is 7.90. The van der Waals surface area contributed by atoms with Crippen LogP contribution in [0.2, 0.25) is 0 Å². The van der Waals surface area contributed by atoms with Crippen molar-refractivity contribution >= 4 is 15.5 Å². The number of hydrogen-bond donors (Lipinski definition) is 1. The third-order valence-corrected chi connectivity index (χ3v) is 3.48. The normalized spacial score (nSPS) is 11.5. The second kappa shape index (κ2) is 6.70. The van der Waals surface area contributed by atoms with E-state index < -0.39 is 9.84 Å². The van der Waals surface area contributed by atoms with Crippen molar-refractivity contribution in [1.29, 1.82) is 0 Å². The molecule has 4 nitrogen and oxygen atoms in total. The molecule has 0 aliphatic carbocycles. The van der Waals surface area contributed by atoms with E-state index in [-0.39, 0.29) is 11.6 Å². The van der Waals surface area contributed by atoms with Gasteiger partial charge in [-0.2, -0.15) is 0 Å². The molecule has 0 saturated carbocycles. The number of likely N-dealkylation sites (N-methyl/N-ethyl adjacent to an activating group) is 1. The summed E-state index contributed by atoms with van der Waals surface area (Å²) in [5, 5.41) is 3.02. The number of rotatable bonds is 7. The summed E-state index contributed by atoms with van der Waals surface area (Å²) in [5.74, 6) is -0.132. The van der Waals surface area contributed by atoms with Gasteiger partial charge in [0.1, 0.15) is 15.7 Å². The fourth-order valence-electron chi connectivity index (χ4n) is 1.51. The van der Waals surface area contributed by atoms with Crippen LogP contribution in [-0.4, -0.2) is 47.1 Å². The summed E-state index contributed by atoms with van der Waals surface area (Å²) in [6, 6.07) is 6.57. The number of anilines is 1. The summed E-state index contributed by atoms with van der Waals surface area (Å²) in [7, 11) is -1.12. The quantitative estimate of drug-likeness (QED) is 0.750. The van der Waals surface area contributed by atoms with Crippen LogP contribution in [0.3, 0.4) is 0 Å². The molecule has 1 N–H and O–H groups in total. The van der Waals surface area contributed by atoms with E-state index in [0.717, 1.165) is 0 Å². The molecule has 0 amide bonds. The van der Waals surface area contributed by atoms with Gasteiger partial charge in [-0.25, -0.2) is 12.8 Å². The fourth-order valence-corrected chi connectivity index (χ4v) is 2.03. The summed E-state index contributed by atoms with van der Waals surface area (Å²) in [6.45, 7) is 1.65. The Balaban J connectivity index is 2.30. The SMILES string of the molecule is CN(CCNCCS(C)(=O)=O)c1ccccc1F. The molecule has 0 atom stereocenters. The zero-order chi connectivity index (χ0) is 13.6. The average molecular weight is 274 g/mol. The van der Waals surface area contributed by atoms with Gasteiger partial charge in [-0.05, 0) is 12.1 Å². The number of benzene rings is 1. The predicted octanol–water partition coefficient (Wildman–Crippen LogP) is 0.896. The fraction of sp³-hybridized carbons (Fsp3) is 0.500. The number of halogens is 1. The van der Waals surface area contributed by atoms with E-state index >= 15 is 0 Å². The van der Waals surface area contributed by atoms with Crippen LogP contribution in [0.5, 0.6) is 0 Å². The first kappa shape index (κ1) is 14.9. The maximum atomic E-state index is 13.4. The molecule has 0 heterocycles. The van der Waals surface area contributed by atoms with Gasteiger partial charge in [0.25, 0.3) is 0 Å². The second-order valence-electron chi connectivity index (χ2n) is 4.25. The minimum absolute atomic E-state index is 0.121. The molecule has 0 aliphatic heterocycles. The van der Waals surface area contributed by atoms with Gasteiger partial charge in [-0.1, -0.05) is 12.1 Å². The van der Waals surface area contributed by atoms with Gasteiger partial charge in [-0.3, -0.25) is 0 Å². The molecule has 1 rings (SSSR count). The molecule has 1 aromatic carbocycles. The lowest BCUT2D eigenvalue weighted by atomic mass is 10.3. The summed E-state index contributed by atoms with van der Waals surface area (Å²) in [5.41, 5.74) is 0.544. The summed E-state index contributed by atoms with van der Waals surface area (Å²) in [4.78, 5) is 1.79. The van der Waals surface area contributed by atoms with E-state index in [4.69, 9.17) is 0 Å². The Morgan fingerprint density at radius 3 is 2.56 bits per heavy atom. The van der Waals surface area contributed by atoms with E-state index in [9.17, 15) is 12.8 Å². The van der Waals surface area contributed by atoms with Crippen LogP contribution in [0.25, 0.3) is 0 Å². The van der Waals surface area contributed by atoms with E-state index in [1.165, 1.54) is 12.3 Å². The maximum Gasteiger partial charge on any atom is 0.148 e. The van der Waals surface area contributed by atoms with Gasteiger partial charge < -0.3 is 10.2 Å². The molecule has 6 heteroatoms. The predicted molar refractivity (Wildman–Crippen MR) is 72.3 cm³/mol. The smallest absolute Gasteiger partial charge is 0.148 e. The van der Waals surface area contributed by atoms with Crippen LogP contribution in [0.4, 0.5) is 10.1 Å².